The fourth-order valence-corrected chi connectivity index (χ4v) is 2.12. The van der Waals surface area contributed by atoms with Gasteiger partial charge in [-0.1, -0.05) is 0 Å². The minimum atomic E-state index is -0.566. The van der Waals surface area contributed by atoms with Crippen LogP contribution in [0, 0.1) is 10.1 Å². The Kier molecular flexibility index (Phi) is 4.36. The summed E-state index contributed by atoms with van der Waals surface area (Å²) in [6, 6.07) is 3.87. The molecule has 8 heteroatoms. The van der Waals surface area contributed by atoms with E-state index in [9.17, 15) is 19.7 Å². The topological polar surface area (TPSA) is 102 Å². The first-order chi connectivity index (χ1) is 10.0. The Morgan fingerprint density at radius 1 is 1.43 bits per heavy atom. The van der Waals surface area contributed by atoms with Crippen molar-refractivity contribution < 1.29 is 19.2 Å². The van der Waals surface area contributed by atoms with E-state index in [-0.39, 0.29) is 41.8 Å². The highest BCUT2D eigenvalue weighted by atomic mass is 16.6. The molecule has 0 aliphatic carbocycles. The summed E-state index contributed by atoms with van der Waals surface area (Å²) in [5.74, 6) is -0.225. The van der Waals surface area contributed by atoms with Crippen LogP contribution in [0.1, 0.15) is 16.8 Å². The molecule has 21 heavy (non-hydrogen) atoms. The highest BCUT2D eigenvalue weighted by Crippen LogP contribution is 2.25. The van der Waals surface area contributed by atoms with E-state index in [1.165, 1.54) is 30.2 Å². The predicted octanol–water partition coefficient (Wildman–Crippen LogP) is 0.565. The van der Waals surface area contributed by atoms with Gasteiger partial charge in [0.05, 0.1) is 17.6 Å². The minimum Gasteiger partial charge on any atom is -0.496 e. The van der Waals surface area contributed by atoms with Crippen molar-refractivity contribution >= 4 is 17.5 Å². The molecule has 112 valence electrons. The molecule has 0 spiro atoms. The maximum absolute atomic E-state index is 12.5. The van der Waals surface area contributed by atoms with E-state index in [1.807, 2.05) is 0 Å². The zero-order valence-electron chi connectivity index (χ0n) is 11.5. The van der Waals surface area contributed by atoms with Gasteiger partial charge in [0.25, 0.3) is 11.6 Å². The van der Waals surface area contributed by atoms with Gasteiger partial charge in [-0.2, -0.15) is 0 Å². The number of benzene rings is 1. The van der Waals surface area contributed by atoms with Gasteiger partial charge in [0.2, 0.25) is 5.91 Å². The maximum Gasteiger partial charge on any atom is 0.270 e. The third kappa shape index (κ3) is 3.28. The van der Waals surface area contributed by atoms with Crippen molar-refractivity contribution in [3.05, 3.63) is 33.9 Å². The summed E-state index contributed by atoms with van der Waals surface area (Å²) < 4.78 is 5.09. The van der Waals surface area contributed by atoms with E-state index in [0.29, 0.717) is 13.1 Å². The summed E-state index contributed by atoms with van der Waals surface area (Å²) >= 11 is 0. The first-order valence-corrected chi connectivity index (χ1v) is 6.41. The number of nitrogens with zero attached hydrogens (tertiary/aromatic N) is 2. The number of nitro groups is 1. The average molecular weight is 293 g/mol. The molecule has 0 radical (unpaired) electrons. The standard InChI is InChI=1S/C13H15N3O5/c1-21-11-3-2-9(16(19)20)8-10(11)13(18)15-6-4-12(17)14-5-7-15/h2-3,8H,4-7H2,1H3,(H,14,17). The second-order valence-corrected chi connectivity index (χ2v) is 4.53. The van der Waals surface area contributed by atoms with E-state index in [2.05, 4.69) is 5.32 Å². The van der Waals surface area contributed by atoms with E-state index in [0.717, 1.165) is 0 Å². The molecule has 1 heterocycles. The van der Waals surface area contributed by atoms with E-state index in [4.69, 9.17) is 4.74 Å². The van der Waals surface area contributed by atoms with Crippen LogP contribution in [-0.2, 0) is 4.79 Å². The van der Waals surface area contributed by atoms with Gasteiger partial charge in [0.15, 0.2) is 0 Å². The van der Waals surface area contributed by atoms with Crippen LogP contribution in [0.25, 0.3) is 0 Å². The average Bonchev–Trinajstić information content (AvgIpc) is 2.70. The van der Waals surface area contributed by atoms with Crippen LogP contribution in [-0.4, -0.2) is 48.4 Å². The molecule has 0 unspecified atom stereocenters. The molecular formula is C13H15N3O5. The Balaban J connectivity index is 2.30. The summed E-state index contributed by atoms with van der Waals surface area (Å²) in [5, 5.41) is 13.5. The Labute approximate surface area is 120 Å². The monoisotopic (exact) mass is 293 g/mol. The van der Waals surface area contributed by atoms with Crippen molar-refractivity contribution in [2.45, 2.75) is 6.42 Å². The number of ether oxygens (including phenoxy) is 1. The second kappa shape index (κ2) is 6.21. The number of carbonyl (C=O) groups is 2. The molecule has 2 rings (SSSR count). The van der Waals surface area contributed by atoms with Gasteiger partial charge in [-0.3, -0.25) is 19.7 Å². The molecular weight excluding hydrogens is 278 g/mol. The van der Waals surface area contributed by atoms with Crippen LogP contribution >= 0.6 is 0 Å². The van der Waals surface area contributed by atoms with Crippen molar-refractivity contribution in [3.63, 3.8) is 0 Å². The van der Waals surface area contributed by atoms with Crippen LogP contribution in [0.4, 0.5) is 5.69 Å². The summed E-state index contributed by atoms with van der Waals surface area (Å²) in [6.45, 7) is 0.995. The molecule has 1 aromatic rings. The predicted molar refractivity (Wildman–Crippen MR) is 73.2 cm³/mol. The summed E-state index contributed by atoms with van der Waals surface area (Å²) in [7, 11) is 1.39. The first kappa shape index (κ1) is 14.8. The fourth-order valence-electron chi connectivity index (χ4n) is 2.12. The number of methoxy groups -OCH3 is 1. The third-order valence-corrected chi connectivity index (χ3v) is 3.22. The largest absolute Gasteiger partial charge is 0.496 e. The number of amides is 2. The zero-order chi connectivity index (χ0) is 15.4. The number of carbonyl (C=O) groups excluding carboxylic acids is 2. The van der Waals surface area contributed by atoms with Crippen molar-refractivity contribution in [1.82, 2.24) is 10.2 Å². The van der Waals surface area contributed by atoms with Crippen LogP contribution < -0.4 is 10.1 Å². The first-order valence-electron chi connectivity index (χ1n) is 6.41. The van der Waals surface area contributed by atoms with Gasteiger partial charge in [-0.05, 0) is 6.07 Å². The molecule has 0 saturated carbocycles. The molecule has 0 atom stereocenters. The smallest absolute Gasteiger partial charge is 0.270 e. The summed E-state index contributed by atoms with van der Waals surface area (Å²) in [6.07, 6.45) is 0.211. The Morgan fingerprint density at radius 3 is 2.86 bits per heavy atom. The van der Waals surface area contributed by atoms with Gasteiger partial charge < -0.3 is 15.0 Å². The Hall–Kier alpha value is -2.64. The van der Waals surface area contributed by atoms with Gasteiger partial charge in [-0.25, -0.2) is 0 Å². The lowest BCUT2D eigenvalue weighted by molar-refractivity contribution is -0.384. The number of hydrogen-bond donors (Lipinski definition) is 1. The number of non-ortho nitro benzene ring substituents is 1. The second-order valence-electron chi connectivity index (χ2n) is 4.53. The molecule has 1 fully saturated rings. The Bertz CT molecular complexity index is 587. The highest BCUT2D eigenvalue weighted by Gasteiger charge is 2.24. The molecule has 1 aliphatic rings. The molecule has 0 bridgehead atoms. The van der Waals surface area contributed by atoms with Gasteiger partial charge in [0.1, 0.15) is 5.75 Å². The van der Waals surface area contributed by atoms with Crippen LogP contribution in [0.5, 0.6) is 5.75 Å². The SMILES string of the molecule is COc1ccc([N+](=O)[O-])cc1C(=O)N1CCNC(=O)CC1. The third-order valence-electron chi connectivity index (χ3n) is 3.22. The zero-order valence-corrected chi connectivity index (χ0v) is 11.5. The lowest BCUT2D eigenvalue weighted by Crippen LogP contribution is -2.34. The van der Waals surface area contributed by atoms with Crippen molar-refractivity contribution in [3.8, 4) is 5.75 Å². The van der Waals surface area contributed by atoms with E-state index in [1.54, 1.807) is 0 Å². The van der Waals surface area contributed by atoms with Gasteiger partial charge in [-0.15, -0.1) is 0 Å². The Morgan fingerprint density at radius 2 is 2.19 bits per heavy atom. The van der Waals surface area contributed by atoms with Crippen molar-refractivity contribution in [2.75, 3.05) is 26.7 Å². The molecule has 2 amide bonds. The molecule has 1 aliphatic heterocycles. The minimum absolute atomic E-state index is 0.115. The number of nitro benzene ring substituents is 1. The fraction of sp³-hybridized carbons (Fsp3) is 0.385. The molecule has 1 N–H and O–H groups in total. The maximum atomic E-state index is 12.5. The van der Waals surface area contributed by atoms with Gasteiger partial charge >= 0.3 is 0 Å². The van der Waals surface area contributed by atoms with Crippen LogP contribution in [0.3, 0.4) is 0 Å². The lowest BCUT2D eigenvalue weighted by atomic mass is 10.1. The van der Waals surface area contributed by atoms with E-state index >= 15 is 0 Å². The van der Waals surface area contributed by atoms with Crippen LogP contribution in [0.15, 0.2) is 18.2 Å². The van der Waals surface area contributed by atoms with Crippen molar-refractivity contribution in [2.24, 2.45) is 0 Å². The quantitative estimate of drug-likeness (QED) is 0.648. The molecule has 8 nitrogen and oxygen atoms in total. The van der Waals surface area contributed by atoms with Crippen LogP contribution in [0.2, 0.25) is 0 Å². The lowest BCUT2D eigenvalue weighted by Gasteiger charge is -2.20. The summed E-state index contributed by atoms with van der Waals surface area (Å²) in [5.41, 5.74) is -0.0516. The van der Waals surface area contributed by atoms with Crippen molar-refractivity contribution in [1.29, 1.82) is 0 Å². The number of rotatable bonds is 3. The normalized spacial score (nSPS) is 15.1. The molecule has 1 aromatic carbocycles. The number of hydrogen-bond acceptors (Lipinski definition) is 5. The molecule has 1 saturated heterocycles. The molecule has 0 aromatic heterocycles. The number of nitrogens with one attached hydrogen (secondary N) is 1. The highest BCUT2D eigenvalue weighted by molar-refractivity contribution is 5.98. The van der Waals surface area contributed by atoms with Gasteiger partial charge in [0, 0.05) is 38.2 Å². The van der Waals surface area contributed by atoms with E-state index < -0.39 is 4.92 Å². The summed E-state index contributed by atoms with van der Waals surface area (Å²) in [4.78, 5) is 35.5.